The number of alkyl carbamates (subject to hydrolysis) is 1. The zero-order valence-electron chi connectivity index (χ0n) is 20.4. The number of carbonyl (C=O) groups is 2. The SMILES string of the molecule is O=C(N[C@@H](Cc1ccc([N+](=O)[O-])cc1)C(=O)NN(c1ccccc1)c1ccccc1)OCc1ccccc1. The summed E-state index contributed by atoms with van der Waals surface area (Å²) < 4.78 is 5.34. The maximum absolute atomic E-state index is 13.6. The standard InChI is InChI=1S/C29H26N4O5/c34-28(31-32(24-12-6-2-7-13-24)25-14-8-3-9-15-25)27(20-22-16-18-26(19-17-22)33(36)37)30-29(35)38-21-23-10-4-1-5-11-23/h1-19,27H,20-21H2,(H,30,35)(H,31,34)/t27-/m0/s1. The molecule has 0 aliphatic heterocycles. The van der Waals surface area contributed by atoms with E-state index in [4.69, 9.17) is 4.74 Å². The van der Waals surface area contributed by atoms with Crippen molar-refractivity contribution in [2.45, 2.75) is 19.1 Å². The van der Waals surface area contributed by atoms with Gasteiger partial charge in [0.15, 0.2) is 0 Å². The van der Waals surface area contributed by atoms with Crippen LogP contribution in [0.25, 0.3) is 0 Å². The number of nitrogens with one attached hydrogen (secondary N) is 2. The van der Waals surface area contributed by atoms with E-state index in [0.29, 0.717) is 16.9 Å². The summed E-state index contributed by atoms with van der Waals surface area (Å²) in [6.07, 6.45) is -0.677. The Kier molecular flexibility index (Phi) is 8.64. The van der Waals surface area contributed by atoms with Crippen LogP contribution < -0.4 is 15.8 Å². The average molecular weight is 511 g/mol. The second-order valence-electron chi connectivity index (χ2n) is 8.37. The van der Waals surface area contributed by atoms with E-state index in [9.17, 15) is 19.7 Å². The van der Waals surface area contributed by atoms with Crippen LogP contribution in [-0.4, -0.2) is 23.0 Å². The van der Waals surface area contributed by atoms with E-state index in [1.807, 2.05) is 91.0 Å². The highest BCUT2D eigenvalue weighted by Gasteiger charge is 2.25. The molecule has 4 aromatic carbocycles. The molecule has 0 aliphatic rings. The van der Waals surface area contributed by atoms with Gasteiger partial charge in [0.2, 0.25) is 0 Å². The molecule has 0 unspecified atom stereocenters. The minimum Gasteiger partial charge on any atom is -0.445 e. The zero-order valence-corrected chi connectivity index (χ0v) is 20.4. The molecule has 38 heavy (non-hydrogen) atoms. The molecule has 192 valence electrons. The highest BCUT2D eigenvalue weighted by Crippen LogP contribution is 2.23. The van der Waals surface area contributed by atoms with E-state index < -0.39 is 23.0 Å². The Bertz CT molecular complexity index is 1310. The predicted molar refractivity (Wildman–Crippen MR) is 144 cm³/mol. The fraction of sp³-hybridized carbons (Fsp3) is 0.103. The van der Waals surface area contributed by atoms with Gasteiger partial charge < -0.3 is 10.1 Å². The maximum Gasteiger partial charge on any atom is 0.408 e. The lowest BCUT2D eigenvalue weighted by Crippen LogP contribution is -2.52. The molecular formula is C29H26N4O5. The van der Waals surface area contributed by atoms with E-state index in [2.05, 4.69) is 10.7 Å². The van der Waals surface area contributed by atoms with E-state index in [1.54, 1.807) is 17.1 Å². The number of anilines is 2. The molecule has 4 rings (SSSR count). The van der Waals surface area contributed by atoms with Gasteiger partial charge in [-0.3, -0.25) is 25.3 Å². The molecule has 0 saturated carbocycles. The number of rotatable bonds is 10. The number of non-ortho nitro benzene ring substituents is 1. The first-order valence-corrected chi connectivity index (χ1v) is 11.9. The van der Waals surface area contributed by atoms with Gasteiger partial charge >= 0.3 is 6.09 Å². The number of nitro benzene ring substituents is 1. The van der Waals surface area contributed by atoms with Crippen LogP contribution in [0.5, 0.6) is 0 Å². The van der Waals surface area contributed by atoms with Crippen LogP contribution in [0.1, 0.15) is 11.1 Å². The third-order valence-corrected chi connectivity index (χ3v) is 5.66. The zero-order chi connectivity index (χ0) is 26.7. The Balaban J connectivity index is 1.54. The largest absolute Gasteiger partial charge is 0.445 e. The predicted octanol–water partition coefficient (Wildman–Crippen LogP) is 5.30. The van der Waals surface area contributed by atoms with Crippen LogP contribution in [0.4, 0.5) is 21.9 Å². The molecule has 9 nitrogen and oxygen atoms in total. The molecule has 0 aromatic heterocycles. The van der Waals surface area contributed by atoms with Crippen molar-refractivity contribution in [2.24, 2.45) is 0 Å². The highest BCUT2D eigenvalue weighted by atomic mass is 16.6. The summed E-state index contributed by atoms with van der Waals surface area (Å²) in [6.45, 7) is 0.0404. The molecule has 9 heteroatoms. The second-order valence-corrected chi connectivity index (χ2v) is 8.37. The van der Waals surface area contributed by atoms with Crippen LogP contribution in [0.3, 0.4) is 0 Å². The number of carbonyl (C=O) groups excluding carboxylic acids is 2. The van der Waals surface area contributed by atoms with Crippen molar-refractivity contribution < 1.29 is 19.2 Å². The molecule has 0 heterocycles. The van der Waals surface area contributed by atoms with E-state index in [-0.39, 0.29) is 18.7 Å². The summed E-state index contributed by atoms with van der Waals surface area (Å²) in [5.41, 5.74) is 5.69. The van der Waals surface area contributed by atoms with Gasteiger partial charge in [-0.15, -0.1) is 0 Å². The topological polar surface area (TPSA) is 114 Å². The van der Waals surface area contributed by atoms with Gasteiger partial charge in [-0.05, 0) is 35.4 Å². The fourth-order valence-electron chi connectivity index (χ4n) is 3.73. The first-order valence-electron chi connectivity index (χ1n) is 11.9. The van der Waals surface area contributed by atoms with Crippen molar-refractivity contribution in [2.75, 3.05) is 5.01 Å². The molecular weight excluding hydrogens is 484 g/mol. The Morgan fingerprint density at radius 3 is 1.82 bits per heavy atom. The first-order chi connectivity index (χ1) is 18.5. The quantitative estimate of drug-likeness (QED) is 0.221. The number of ether oxygens (including phenoxy) is 1. The van der Waals surface area contributed by atoms with Crippen molar-refractivity contribution in [3.05, 3.63) is 137 Å². The van der Waals surface area contributed by atoms with E-state index in [0.717, 1.165) is 5.56 Å². The summed E-state index contributed by atoms with van der Waals surface area (Å²) in [4.78, 5) is 36.8. The van der Waals surface area contributed by atoms with E-state index >= 15 is 0 Å². The lowest BCUT2D eigenvalue weighted by atomic mass is 10.1. The van der Waals surface area contributed by atoms with Gasteiger partial charge in [-0.25, -0.2) is 4.79 Å². The number of nitro groups is 1. The second kappa shape index (κ2) is 12.7. The Hall–Kier alpha value is -5.18. The van der Waals surface area contributed by atoms with Crippen LogP contribution in [0, 0.1) is 10.1 Å². The Morgan fingerprint density at radius 1 is 0.763 bits per heavy atom. The number of nitrogens with zero attached hydrogens (tertiary/aromatic N) is 2. The first kappa shape index (κ1) is 25.9. The molecule has 0 saturated heterocycles. The van der Waals surface area contributed by atoms with Gasteiger partial charge in [-0.1, -0.05) is 78.9 Å². The lowest BCUT2D eigenvalue weighted by molar-refractivity contribution is -0.384. The van der Waals surface area contributed by atoms with Crippen molar-refractivity contribution in [3.63, 3.8) is 0 Å². The van der Waals surface area contributed by atoms with Gasteiger partial charge in [0.05, 0.1) is 16.3 Å². The summed E-state index contributed by atoms with van der Waals surface area (Å²) in [5.74, 6) is -0.493. The van der Waals surface area contributed by atoms with E-state index in [1.165, 1.54) is 12.1 Å². The minimum absolute atomic E-state index is 0.0404. The Labute approximate surface area is 219 Å². The van der Waals surface area contributed by atoms with Crippen LogP contribution in [0.15, 0.2) is 115 Å². The summed E-state index contributed by atoms with van der Waals surface area (Å²) in [5, 5.41) is 15.3. The van der Waals surface area contributed by atoms with Gasteiger partial charge in [0.25, 0.3) is 11.6 Å². The van der Waals surface area contributed by atoms with Crippen molar-refractivity contribution in [1.82, 2.24) is 10.7 Å². The number of hydrogen-bond donors (Lipinski definition) is 2. The normalized spacial score (nSPS) is 11.2. The van der Waals surface area contributed by atoms with Crippen molar-refractivity contribution >= 4 is 29.1 Å². The molecule has 1 atom stereocenters. The summed E-state index contributed by atoms with van der Waals surface area (Å²) >= 11 is 0. The molecule has 0 fully saturated rings. The van der Waals surface area contributed by atoms with Crippen molar-refractivity contribution in [3.8, 4) is 0 Å². The fourth-order valence-corrected chi connectivity index (χ4v) is 3.73. The maximum atomic E-state index is 13.6. The smallest absolute Gasteiger partial charge is 0.408 e. The third kappa shape index (κ3) is 7.17. The summed E-state index contributed by atoms with van der Waals surface area (Å²) in [7, 11) is 0. The minimum atomic E-state index is -1.03. The van der Waals surface area contributed by atoms with Crippen LogP contribution >= 0.6 is 0 Å². The highest BCUT2D eigenvalue weighted by molar-refractivity contribution is 5.88. The number of para-hydroxylation sites is 2. The molecule has 4 aromatic rings. The van der Waals surface area contributed by atoms with Crippen molar-refractivity contribution in [1.29, 1.82) is 0 Å². The van der Waals surface area contributed by atoms with Gasteiger partial charge in [-0.2, -0.15) is 0 Å². The van der Waals surface area contributed by atoms with Crippen LogP contribution in [-0.2, 0) is 22.6 Å². The van der Waals surface area contributed by atoms with Crippen LogP contribution in [0.2, 0.25) is 0 Å². The summed E-state index contributed by atoms with van der Waals surface area (Å²) in [6, 6.07) is 32.5. The number of hydrogen-bond acceptors (Lipinski definition) is 6. The third-order valence-electron chi connectivity index (χ3n) is 5.66. The molecule has 2 amide bonds. The Morgan fingerprint density at radius 2 is 1.29 bits per heavy atom. The molecule has 0 aliphatic carbocycles. The molecule has 0 bridgehead atoms. The molecule has 0 spiro atoms. The number of hydrazine groups is 1. The average Bonchev–Trinajstić information content (AvgIpc) is 2.96. The molecule has 2 N–H and O–H groups in total. The van der Waals surface area contributed by atoms with Gasteiger partial charge in [0.1, 0.15) is 12.6 Å². The van der Waals surface area contributed by atoms with Gasteiger partial charge in [0, 0.05) is 18.6 Å². The number of benzene rings is 4. The number of amides is 2. The molecule has 0 radical (unpaired) electrons. The monoisotopic (exact) mass is 510 g/mol. The lowest BCUT2D eigenvalue weighted by Gasteiger charge is -2.28.